The van der Waals surface area contributed by atoms with E-state index in [1.165, 1.54) is 18.5 Å². The molecule has 0 saturated carbocycles. The van der Waals surface area contributed by atoms with Crippen LogP contribution < -0.4 is 10.6 Å². The SMILES string of the molecule is Cc1ccc(Nc2ncnc(Nc3ccc(Br)cc3F)c2[N+](=O)[O-])cc1. The molecule has 1 aromatic heterocycles. The zero-order chi connectivity index (χ0) is 18.7. The number of hydrogen-bond donors (Lipinski definition) is 2. The van der Waals surface area contributed by atoms with Gasteiger partial charge in [-0.3, -0.25) is 10.1 Å². The normalized spacial score (nSPS) is 10.4. The van der Waals surface area contributed by atoms with E-state index < -0.39 is 10.7 Å². The Bertz CT molecular complexity index is 966. The van der Waals surface area contributed by atoms with Crippen molar-refractivity contribution in [1.82, 2.24) is 9.97 Å². The lowest BCUT2D eigenvalue weighted by molar-refractivity contribution is -0.383. The number of hydrogen-bond acceptors (Lipinski definition) is 6. The summed E-state index contributed by atoms with van der Waals surface area (Å²) in [6.45, 7) is 1.94. The minimum Gasteiger partial charge on any atom is -0.334 e. The first-order valence-electron chi connectivity index (χ1n) is 7.49. The van der Waals surface area contributed by atoms with E-state index in [-0.39, 0.29) is 23.0 Å². The summed E-state index contributed by atoms with van der Waals surface area (Å²) in [5.74, 6) is -0.671. The number of anilines is 4. The average Bonchev–Trinajstić information content (AvgIpc) is 2.59. The van der Waals surface area contributed by atoms with Gasteiger partial charge in [0.15, 0.2) is 0 Å². The molecule has 0 aliphatic carbocycles. The summed E-state index contributed by atoms with van der Waals surface area (Å²) < 4.78 is 14.6. The smallest absolute Gasteiger partial charge is 0.334 e. The second-order valence-corrected chi connectivity index (χ2v) is 6.33. The molecule has 0 aliphatic heterocycles. The maximum Gasteiger partial charge on any atom is 0.353 e. The molecule has 26 heavy (non-hydrogen) atoms. The second kappa shape index (κ2) is 7.44. The zero-order valence-electron chi connectivity index (χ0n) is 13.5. The molecule has 0 unspecified atom stereocenters. The lowest BCUT2D eigenvalue weighted by Gasteiger charge is -2.11. The predicted molar refractivity (Wildman–Crippen MR) is 101 cm³/mol. The Morgan fingerprint density at radius 3 is 2.35 bits per heavy atom. The van der Waals surface area contributed by atoms with E-state index in [0.29, 0.717) is 10.2 Å². The van der Waals surface area contributed by atoms with Crippen molar-refractivity contribution in [1.29, 1.82) is 0 Å². The van der Waals surface area contributed by atoms with Crippen molar-refractivity contribution in [2.24, 2.45) is 0 Å². The fourth-order valence-electron chi connectivity index (χ4n) is 2.23. The highest BCUT2D eigenvalue weighted by Gasteiger charge is 2.24. The van der Waals surface area contributed by atoms with Gasteiger partial charge in [0.2, 0.25) is 11.6 Å². The molecule has 132 valence electrons. The van der Waals surface area contributed by atoms with Crippen LogP contribution in [0.2, 0.25) is 0 Å². The molecule has 0 aliphatic rings. The van der Waals surface area contributed by atoms with Gasteiger partial charge < -0.3 is 10.6 Å². The van der Waals surface area contributed by atoms with E-state index in [4.69, 9.17) is 0 Å². The van der Waals surface area contributed by atoms with Crippen LogP contribution >= 0.6 is 15.9 Å². The molecule has 0 atom stereocenters. The molecular weight excluding hydrogens is 405 g/mol. The quantitative estimate of drug-likeness (QED) is 0.443. The van der Waals surface area contributed by atoms with E-state index in [2.05, 4.69) is 36.5 Å². The number of benzene rings is 2. The Balaban J connectivity index is 1.98. The minimum atomic E-state index is -0.615. The molecule has 0 bridgehead atoms. The number of nitro groups is 1. The molecule has 3 rings (SSSR count). The highest BCUT2D eigenvalue weighted by molar-refractivity contribution is 9.10. The molecule has 0 radical (unpaired) electrons. The Labute approximate surface area is 156 Å². The zero-order valence-corrected chi connectivity index (χ0v) is 15.1. The van der Waals surface area contributed by atoms with Gasteiger partial charge in [-0.2, -0.15) is 0 Å². The van der Waals surface area contributed by atoms with E-state index in [9.17, 15) is 14.5 Å². The monoisotopic (exact) mass is 417 g/mol. The average molecular weight is 418 g/mol. The predicted octanol–water partition coefficient (Wildman–Crippen LogP) is 5.08. The van der Waals surface area contributed by atoms with Gasteiger partial charge in [0.05, 0.1) is 10.6 Å². The van der Waals surface area contributed by atoms with E-state index in [1.54, 1.807) is 18.2 Å². The maximum absolute atomic E-state index is 14.0. The molecule has 0 saturated heterocycles. The van der Waals surface area contributed by atoms with Crippen LogP contribution in [0.3, 0.4) is 0 Å². The van der Waals surface area contributed by atoms with Gasteiger partial charge in [-0.25, -0.2) is 14.4 Å². The van der Waals surface area contributed by atoms with Gasteiger partial charge in [0.1, 0.15) is 12.1 Å². The number of rotatable bonds is 5. The van der Waals surface area contributed by atoms with Crippen molar-refractivity contribution in [3.05, 3.63) is 74.8 Å². The number of aromatic nitrogens is 2. The summed E-state index contributed by atoms with van der Waals surface area (Å²) in [6, 6.07) is 11.6. The van der Waals surface area contributed by atoms with Crippen LogP contribution in [0.25, 0.3) is 0 Å². The van der Waals surface area contributed by atoms with Crippen molar-refractivity contribution >= 4 is 44.6 Å². The van der Waals surface area contributed by atoms with Crippen molar-refractivity contribution in [3.8, 4) is 0 Å². The van der Waals surface area contributed by atoms with E-state index >= 15 is 0 Å². The van der Waals surface area contributed by atoms with Gasteiger partial charge in [-0.1, -0.05) is 33.6 Å². The fraction of sp³-hybridized carbons (Fsp3) is 0.0588. The summed E-state index contributed by atoms with van der Waals surface area (Å²) in [7, 11) is 0. The molecule has 2 N–H and O–H groups in total. The Morgan fingerprint density at radius 1 is 1.08 bits per heavy atom. The van der Waals surface area contributed by atoms with Gasteiger partial charge >= 0.3 is 5.69 Å². The van der Waals surface area contributed by atoms with Crippen molar-refractivity contribution in [3.63, 3.8) is 0 Å². The molecule has 0 spiro atoms. The lowest BCUT2D eigenvalue weighted by Crippen LogP contribution is -2.06. The Kier molecular flexibility index (Phi) is 5.08. The first-order valence-corrected chi connectivity index (χ1v) is 8.28. The van der Waals surface area contributed by atoms with Crippen LogP contribution in [0.1, 0.15) is 5.56 Å². The molecule has 0 fully saturated rings. The number of aryl methyl sites for hydroxylation is 1. The molecular formula is C17H13BrFN5O2. The third-order valence-electron chi connectivity index (χ3n) is 3.50. The van der Waals surface area contributed by atoms with Crippen LogP contribution in [0, 0.1) is 22.9 Å². The van der Waals surface area contributed by atoms with Crippen LogP contribution in [0.4, 0.5) is 33.1 Å². The topological polar surface area (TPSA) is 93.0 Å². The summed E-state index contributed by atoms with van der Waals surface area (Å²) in [5.41, 5.74) is 1.38. The molecule has 1 heterocycles. The van der Waals surface area contributed by atoms with Gasteiger partial charge in [0.25, 0.3) is 0 Å². The second-order valence-electron chi connectivity index (χ2n) is 5.42. The summed E-state index contributed by atoms with van der Waals surface area (Å²) in [4.78, 5) is 18.8. The highest BCUT2D eigenvalue weighted by Crippen LogP contribution is 2.33. The van der Waals surface area contributed by atoms with Crippen molar-refractivity contribution < 1.29 is 9.31 Å². The van der Waals surface area contributed by atoms with E-state index in [1.807, 2.05) is 19.1 Å². The first kappa shape index (κ1) is 17.7. The van der Waals surface area contributed by atoms with Crippen LogP contribution in [-0.2, 0) is 0 Å². The number of nitrogens with zero attached hydrogens (tertiary/aromatic N) is 3. The van der Waals surface area contributed by atoms with Crippen molar-refractivity contribution in [2.45, 2.75) is 6.92 Å². The van der Waals surface area contributed by atoms with Crippen LogP contribution in [0.5, 0.6) is 0 Å². The van der Waals surface area contributed by atoms with Crippen molar-refractivity contribution in [2.75, 3.05) is 10.6 Å². The highest BCUT2D eigenvalue weighted by atomic mass is 79.9. The molecule has 2 aromatic carbocycles. The number of nitrogens with one attached hydrogen (secondary N) is 2. The van der Waals surface area contributed by atoms with Crippen LogP contribution in [-0.4, -0.2) is 14.9 Å². The third kappa shape index (κ3) is 3.94. The summed E-state index contributed by atoms with van der Waals surface area (Å²) in [6.07, 6.45) is 1.17. The van der Waals surface area contributed by atoms with Crippen LogP contribution in [0.15, 0.2) is 53.3 Å². The van der Waals surface area contributed by atoms with E-state index in [0.717, 1.165) is 5.56 Å². The number of halogens is 2. The van der Waals surface area contributed by atoms with Gasteiger partial charge in [-0.15, -0.1) is 0 Å². The molecule has 9 heteroatoms. The lowest BCUT2D eigenvalue weighted by atomic mass is 10.2. The van der Waals surface area contributed by atoms with Gasteiger partial charge in [-0.05, 0) is 37.3 Å². The minimum absolute atomic E-state index is 0.00822. The van der Waals surface area contributed by atoms with Gasteiger partial charge in [0, 0.05) is 10.2 Å². The Morgan fingerprint density at radius 2 is 1.73 bits per heavy atom. The molecule has 7 nitrogen and oxygen atoms in total. The fourth-order valence-corrected chi connectivity index (χ4v) is 2.56. The largest absolute Gasteiger partial charge is 0.353 e. The standard InChI is InChI=1S/C17H13BrFN5O2/c1-10-2-5-12(6-3-10)22-16-15(24(25)26)17(21-9-20-16)23-14-7-4-11(18)8-13(14)19/h2-9H,1H3,(H2,20,21,22,23). The Hall–Kier alpha value is -3.07. The summed E-state index contributed by atoms with van der Waals surface area (Å²) >= 11 is 3.16. The third-order valence-corrected chi connectivity index (χ3v) is 4.00. The maximum atomic E-state index is 14.0. The molecule has 0 amide bonds. The summed E-state index contributed by atoms with van der Waals surface area (Å²) in [5, 5.41) is 17.1. The molecule has 3 aromatic rings. The first-order chi connectivity index (χ1) is 12.4.